The third-order valence-corrected chi connectivity index (χ3v) is 7.57. The fourth-order valence-electron chi connectivity index (χ4n) is 5.55. The predicted octanol–water partition coefficient (Wildman–Crippen LogP) is 10.5. The van der Waals surface area contributed by atoms with Gasteiger partial charge >= 0.3 is 0 Å². The first-order valence-corrected chi connectivity index (χ1v) is 13.3. The minimum absolute atomic E-state index is 1.05. The Morgan fingerprint density at radius 1 is 0.359 bits per heavy atom. The minimum Gasteiger partial charge on any atom is -0.309 e. The topological polar surface area (TPSA) is 3.24 Å². The Morgan fingerprint density at radius 2 is 0.718 bits per heavy atom. The van der Waals surface area contributed by atoms with Crippen LogP contribution in [0.25, 0.3) is 39.0 Å². The molecule has 1 heteroatoms. The lowest BCUT2D eigenvalue weighted by molar-refractivity contribution is 1.24. The molecule has 1 nitrogen and oxygen atoms in total. The second kappa shape index (κ2) is 9.63. The molecule has 0 N–H and O–H groups in total. The van der Waals surface area contributed by atoms with Gasteiger partial charge in [-0.2, -0.15) is 0 Å². The molecule has 1 aliphatic heterocycles. The van der Waals surface area contributed by atoms with E-state index in [4.69, 9.17) is 0 Å². The summed E-state index contributed by atoms with van der Waals surface area (Å²) in [5, 5.41) is 0. The molecule has 6 aromatic rings. The van der Waals surface area contributed by atoms with E-state index in [-0.39, 0.29) is 0 Å². The third kappa shape index (κ3) is 4.15. The van der Waals surface area contributed by atoms with Crippen molar-refractivity contribution in [2.24, 2.45) is 0 Å². The van der Waals surface area contributed by atoms with Crippen molar-refractivity contribution < 1.29 is 0 Å². The maximum absolute atomic E-state index is 4.62. The number of benzene rings is 6. The Labute approximate surface area is 230 Å². The van der Waals surface area contributed by atoms with Gasteiger partial charge in [0.05, 0.1) is 11.4 Å². The Kier molecular flexibility index (Phi) is 5.68. The molecular weight excluding hydrogens is 470 g/mol. The molecule has 1 aliphatic rings. The Balaban J connectivity index is 1.39. The summed E-state index contributed by atoms with van der Waals surface area (Å²) < 4.78 is 0. The summed E-state index contributed by atoms with van der Waals surface area (Å²) in [4.78, 5) is 2.37. The summed E-state index contributed by atoms with van der Waals surface area (Å²) in [7, 11) is 0. The van der Waals surface area contributed by atoms with Gasteiger partial charge in [0, 0.05) is 16.8 Å². The van der Waals surface area contributed by atoms with Gasteiger partial charge in [0.25, 0.3) is 0 Å². The lowest BCUT2D eigenvalue weighted by Gasteiger charge is -2.35. The average Bonchev–Trinajstić information content (AvgIpc) is 3.02. The summed E-state index contributed by atoms with van der Waals surface area (Å²) >= 11 is 0. The fraction of sp³-hybridized carbons (Fsp3) is 0. The fourth-order valence-corrected chi connectivity index (χ4v) is 5.55. The molecule has 1 heterocycles. The van der Waals surface area contributed by atoms with Crippen LogP contribution in [0.5, 0.6) is 0 Å². The Hall–Kier alpha value is -5.14. The molecule has 0 saturated carbocycles. The van der Waals surface area contributed by atoms with Crippen molar-refractivity contribution in [2.75, 3.05) is 4.90 Å². The van der Waals surface area contributed by atoms with Crippen LogP contribution in [0.2, 0.25) is 0 Å². The number of nitrogens with zero attached hydrogens (tertiary/aromatic N) is 1. The van der Waals surface area contributed by atoms with Crippen LogP contribution in [0, 0.1) is 0 Å². The average molecular weight is 498 g/mol. The van der Waals surface area contributed by atoms with Crippen LogP contribution >= 0.6 is 0 Å². The smallest absolute Gasteiger partial charge is 0.0540 e. The summed E-state index contributed by atoms with van der Waals surface area (Å²) in [5.74, 6) is 0. The lowest BCUT2D eigenvalue weighted by Crippen LogP contribution is -2.18. The first-order chi connectivity index (χ1) is 19.3. The van der Waals surface area contributed by atoms with E-state index in [1.165, 1.54) is 33.4 Å². The van der Waals surface area contributed by atoms with Crippen molar-refractivity contribution in [1.29, 1.82) is 0 Å². The SMILES string of the molecule is C=C1c2cc(-c3ccccc3)ccc2N(c2ccc(-c3ccccc3)cc2)c2ccc(-c3ccccc3)cc21. The number of fused-ring (bicyclic) bond motifs is 2. The van der Waals surface area contributed by atoms with Gasteiger partial charge in [-0.3, -0.25) is 0 Å². The number of hydrogen-bond acceptors (Lipinski definition) is 1. The summed E-state index contributed by atoms with van der Waals surface area (Å²) in [5.41, 5.74) is 14.0. The van der Waals surface area contributed by atoms with Crippen LogP contribution in [0.3, 0.4) is 0 Å². The van der Waals surface area contributed by atoms with E-state index < -0.39 is 0 Å². The first kappa shape index (κ1) is 23.0. The molecule has 0 atom stereocenters. The molecule has 0 saturated heterocycles. The molecule has 6 aromatic carbocycles. The maximum atomic E-state index is 4.62. The number of anilines is 3. The molecule has 0 fully saturated rings. The zero-order valence-corrected chi connectivity index (χ0v) is 21.6. The van der Waals surface area contributed by atoms with Crippen LogP contribution in [0.1, 0.15) is 11.1 Å². The number of rotatable bonds is 4. The monoisotopic (exact) mass is 497 g/mol. The van der Waals surface area contributed by atoms with E-state index in [0.29, 0.717) is 0 Å². The van der Waals surface area contributed by atoms with E-state index in [0.717, 1.165) is 33.8 Å². The van der Waals surface area contributed by atoms with Crippen LogP contribution in [0.4, 0.5) is 17.1 Å². The van der Waals surface area contributed by atoms with Crippen molar-refractivity contribution in [3.05, 3.63) is 169 Å². The molecule has 0 aliphatic carbocycles. The van der Waals surface area contributed by atoms with Crippen molar-refractivity contribution in [3.63, 3.8) is 0 Å². The van der Waals surface area contributed by atoms with Gasteiger partial charge < -0.3 is 4.90 Å². The van der Waals surface area contributed by atoms with Gasteiger partial charge in [-0.25, -0.2) is 0 Å². The molecule has 0 bridgehead atoms. The molecule has 0 amide bonds. The van der Waals surface area contributed by atoms with Gasteiger partial charge in [-0.05, 0) is 75.4 Å². The Bertz CT molecular complexity index is 1690. The van der Waals surface area contributed by atoms with Gasteiger partial charge in [0.1, 0.15) is 0 Å². The van der Waals surface area contributed by atoms with E-state index in [2.05, 4.69) is 163 Å². The van der Waals surface area contributed by atoms with Gasteiger partial charge in [-0.15, -0.1) is 0 Å². The molecule has 0 aromatic heterocycles. The molecule has 184 valence electrons. The first-order valence-electron chi connectivity index (χ1n) is 13.3. The quantitative estimate of drug-likeness (QED) is 0.234. The van der Waals surface area contributed by atoms with Crippen LogP contribution in [-0.4, -0.2) is 0 Å². The molecule has 7 rings (SSSR count). The Morgan fingerprint density at radius 3 is 1.15 bits per heavy atom. The van der Waals surface area contributed by atoms with E-state index in [9.17, 15) is 0 Å². The van der Waals surface area contributed by atoms with Gasteiger partial charge in [0.15, 0.2) is 0 Å². The van der Waals surface area contributed by atoms with Crippen LogP contribution in [-0.2, 0) is 0 Å². The molecule has 0 radical (unpaired) electrons. The zero-order chi connectivity index (χ0) is 26.2. The van der Waals surface area contributed by atoms with Gasteiger partial charge in [-0.1, -0.05) is 122 Å². The largest absolute Gasteiger partial charge is 0.309 e. The minimum atomic E-state index is 1.05. The van der Waals surface area contributed by atoms with E-state index >= 15 is 0 Å². The molecular formula is C38H27N. The van der Waals surface area contributed by atoms with Crippen LogP contribution in [0.15, 0.2) is 158 Å². The normalized spacial score (nSPS) is 12.1. The number of hydrogen-bond donors (Lipinski definition) is 0. The van der Waals surface area contributed by atoms with Crippen molar-refractivity contribution in [1.82, 2.24) is 0 Å². The predicted molar refractivity (Wildman–Crippen MR) is 166 cm³/mol. The lowest BCUT2D eigenvalue weighted by atomic mass is 9.87. The highest BCUT2D eigenvalue weighted by molar-refractivity contribution is 6.02. The van der Waals surface area contributed by atoms with Gasteiger partial charge in [0.2, 0.25) is 0 Å². The van der Waals surface area contributed by atoms with Crippen molar-refractivity contribution in [2.45, 2.75) is 0 Å². The van der Waals surface area contributed by atoms with E-state index in [1.807, 2.05) is 0 Å². The second-order valence-electron chi connectivity index (χ2n) is 9.92. The highest BCUT2D eigenvalue weighted by atomic mass is 15.2. The standard InChI is InChI=1S/C38H27N/c1-27-35-25-32(29-13-7-3-8-14-29)19-23-37(35)39(34-21-17-31(18-22-34)28-11-5-2-6-12-28)38-24-20-33(26-36(27)38)30-15-9-4-10-16-30/h2-26H,1H2. The summed E-state index contributed by atoms with van der Waals surface area (Å²) in [6.07, 6.45) is 0. The highest BCUT2D eigenvalue weighted by Crippen LogP contribution is 2.50. The maximum Gasteiger partial charge on any atom is 0.0540 e. The zero-order valence-electron chi connectivity index (χ0n) is 21.6. The molecule has 0 spiro atoms. The van der Waals surface area contributed by atoms with E-state index in [1.54, 1.807) is 0 Å². The second-order valence-corrected chi connectivity index (χ2v) is 9.92. The van der Waals surface area contributed by atoms with Crippen LogP contribution < -0.4 is 4.90 Å². The summed E-state index contributed by atoms with van der Waals surface area (Å²) in [6, 6.07) is 54.0. The van der Waals surface area contributed by atoms with Crippen molar-refractivity contribution in [3.8, 4) is 33.4 Å². The van der Waals surface area contributed by atoms with Crippen molar-refractivity contribution >= 4 is 22.6 Å². The molecule has 0 unspecified atom stereocenters. The third-order valence-electron chi connectivity index (χ3n) is 7.57. The highest BCUT2D eigenvalue weighted by Gasteiger charge is 2.27. The summed E-state index contributed by atoms with van der Waals surface area (Å²) in [6.45, 7) is 4.62. The molecule has 39 heavy (non-hydrogen) atoms.